The van der Waals surface area contributed by atoms with Gasteiger partial charge in [0, 0.05) is 19.3 Å². The fraction of sp³-hybridized carbons (Fsp3) is 0.696. The summed E-state index contributed by atoms with van der Waals surface area (Å²) in [6.07, 6.45) is 64.5. The van der Waals surface area contributed by atoms with Crippen molar-refractivity contribution < 1.29 is 28.6 Å². The first kappa shape index (κ1) is 58.6. The van der Waals surface area contributed by atoms with Gasteiger partial charge in [0.2, 0.25) is 0 Å². The molecule has 1 unspecified atom stereocenters. The van der Waals surface area contributed by atoms with Crippen LogP contribution < -0.4 is 0 Å². The Morgan fingerprint density at radius 1 is 0.339 bits per heavy atom. The lowest BCUT2D eigenvalue weighted by molar-refractivity contribution is -0.166. The predicted octanol–water partition coefficient (Wildman–Crippen LogP) is 16.8. The van der Waals surface area contributed by atoms with E-state index < -0.39 is 12.1 Å². The van der Waals surface area contributed by atoms with Crippen LogP contribution >= 0.6 is 0 Å². The lowest BCUT2D eigenvalue weighted by atomic mass is 10.0. The maximum atomic E-state index is 12.7. The molecule has 0 radical (unpaired) electrons. The summed E-state index contributed by atoms with van der Waals surface area (Å²) in [5.41, 5.74) is 0. The van der Waals surface area contributed by atoms with Crippen molar-refractivity contribution in [1.29, 1.82) is 0 Å². The molecule has 0 aliphatic rings. The molecule has 0 spiro atoms. The van der Waals surface area contributed by atoms with E-state index in [-0.39, 0.29) is 31.6 Å². The minimum Gasteiger partial charge on any atom is -0.462 e. The zero-order valence-corrected chi connectivity index (χ0v) is 40.4. The van der Waals surface area contributed by atoms with Crippen LogP contribution in [0.25, 0.3) is 0 Å². The molecule has 0 aliphatic heterocycles. The minimum absolute atomic E-state index is 0.113. The first-order chi connectivity index (χ1) is 30.5. The zero-order chi connectivity index (χ0) is 45.1. The van der Waals surface area contributed by atoms with E-state index in [9.17, 15) is 14.4 Å². The van der Waals surface area contributed by atoms with Crippen LogP contribution in [0.3, 0.4) is 0 Å². The van der Waals surface area contributed by atoms with Gasteiger partial charge in [0.05, 0.1) is 0 Å². The Morgan fingerprint density at radius 3 is 1.05 bits per heavy atom. The van der Waals surface area contributed by atoms with E-state index in [1.807, 2.05) is 12.2 Å². The summed E-state index contributed by atoms with van der Waals surface area (Å²) in [4.78, 5) is 37.9. The zero-order valence-electron chi connectivity index (χ0n) is 40.4. The summed E-state index contributed by atoms with van der Waals surface area (Å²) in [5.74, 6) is -1.03. The second-order valence-electron chi connectivity index (χ2n) is 16.7. The second kappa shape index (κ2) is 50.2. The Morgan fingerprint density at radius 2 is 0.661 bits per heavy atom. The number of carbonyl (C=O) groups is 3. The maximum absolute atomic E-state index is 12.7. The third kappa shape index (κ3) is 47.6. The van der Waals surface area contributed by atoms with Crippen LogP contribution in [-0.4, -0.2) is 37.2 Å². The summed E-state index contributed by atoms with van der Waals surface area (Å²) in [6, 6.07) is 0. The van der Waals surface area contributed by atoms with Crippen LogP contribution in [0.15, 0.2) is 85.1 Å². The molecule has 354 valence electrons. The quantitative estimate of drug-likeness (QED) is 0.0263. The van der Waals surface area contributed by atoms with Crippen molar-refractivity contribution >= 4 is 17.9 Å². The first-order valence-corrected chi connectivity index (χ1v) is 25.6. The Hall–Kier alpha value is -3.41. The van der Waals surface area contributed by atoms with Crippen molar-refractivity contribution in [3.63, 3.8) is 0 Å². The fourth-order valence-electron chi connectivity index (χ4n) is 6.88. The number of carbonyl (C=O) groups excluding carboxylic acids is 3. The van der Waals surface area contributed by atoms with E-state index in [2.05, 4.69) is 93.7 Å². The van der Waals surface area contributed by atoms with Crippen molar-refractivity contribution in [2.75, 3.05) is 13.2 Å². The van der Waals surface area contributed by atoms with Crippen LogP contribution in [-0.2, 0) is 28.6 Å². The molecule has 0 bridgehead atoms. The van der Waals surface area contributed by atoms with E-state index in [4.69, 9.17) is 14.2 Å². The largest absolute Gasteiger partial charge is 0.462 e. The van der Waals surface area contributed by atoms with Gasteiger partial charge in [-0.3, -0.25) is 14.4 Å². The molecule has 0 saturated carbocycles. The molecule has 0 N–H and O–H groups in total. The van der Waals surface area contributed by atoms with Gasteiger partial charge in [-0.25, -0.2) is 0 Å². The third-order valence-corrected chi connectivity index (χ3v) is 10.7. The van der Waals surface area contributed by atoms with Crippen LogP contribution in [0.5, 0.6) is 0 Å². The fourth-order valence-corrected chi connectivity index (χ4v) is 6.88. The van der Waals surface area contributed by atoms with Gasteiger partial charge in [0.25, 0.3) is 0 Å². The average Bonchev–Trinajstić information content (AvgIpc) is 3.27. The summed E-state index contributed by atoms with van der Waals surface area (Å²) >= 11 is 0. The molecule has 0 aliphatic carbocycles. The molecule has 0 amide bonds. The SMILES string of the molecule is CC/C=C\C/C=C\C/C=C\C/C=C\CCC(=O)OC(COC(=O)CCCCC/C=C\C/C=C\C/C=C\CC)COC(=O)CCCCCCCCCCCCCCCCCCCC. The number of allylic oxidation sites excluding steroid dienone is 14. The number of hydrogen-bond acceptors (Lipinski definition) is 6. The van der Waals surface area contributed by atoms with Gasteiger partial charge in [-0.2, -0.15) is 0 Å². The van der Waals surface area contributed by atoms with Gasteiger partial charge < -0.3 is 14.2 Å². The van der Waals surface area contributed by atoms with Crippen LogP contribution in [0, 0.1) is 0 Å². The number of esters is 3. The first-order valence-electron chi connectivity index (χ1n) is 25.6. The number of rotatable bonds is 45. The highest BCUT2D eigenvalue weighted by molar-refractivity contribution is 5.71. The lowest BCUT2D eigenvalue weighted by Gasteiger charge is -2.18. The molecule has 0 fully saturated rings. The monoisotopic (exact) mass is 863 g/mol. The van der Waals surface area contributed by atoms with E-state index in [1.54, 1.807) is 0 Å². The smallest absolute Gasteiger partial charge is 0.306 e. The normalized spacial score (nSPS) is 12.8. The molecule has 0 aromatic carbocycles. The summed E-state index contributed by atoms with van der Waals surface area (Å²) in [7, 11) is 0. The topological polar surface area (TPSA) is 78.9 Å². The summed E-state index contributed by atoms with van der Waals surface area (Å²) in [5, 5.41) is 0. The second-order valence-corrected chi connectivity index (χ2v) is 16.7. The van der Waals surface area contributed by atoms with Gasteiger partial charge in [-0.1, -0.05) is 221 Å². The van der Waals surface area contributed by atoms with E-state index in [1.165, 1.54) is 96.3 Å². The van der Waals surface area contributed by atoms with Crippen molar-refractivity contribution in [1.82, 2.24) is 0 Å². The molecular formula is C56H94O6. The van der Waals surface area contributed by atoms with Crippen molar-refractivity contribution in [3.05, 3.63) is 85.1 Å². The number of hydrogen-bond donors (Lipinski definition) is 0. The maximum Gasteiger partial charge on any atom is 0.306 e. The molecule has 6 nitrogen and oxygen atoms in total. The average molecular weight is 863 g/mol. The number of unbranched alkanes of at least 4 members (excludes halogenated alkanes) is 20. The van der Waals surface area contributed by atoms with Crippen molar-refractivity contribution in [3.8, 4) is 0 Å². The summed E-state index contributed by atoms with van der Waals surface area (Å²) in [6.45, 7) is 6.32. The predicted molar refractivity (Wildman–Crippen MR) is 265 cm³/mol. The van der Waals surface area contributed by atoms with Gasteiger partial charge in [0.15, 0.2) is 6.10 Å². The molecule has 0 aromatic heterocycles. The molecule has 0 aromatic rings. The highest BCUT2D eigenvalue weighted by atomic mass is 16.6. The van der Waals surface area contributed by atoms with Crippen LogP contribution in [0.2, 0.25) is 0 Å². The number of ether oxygens (including phenoxy) is 3. The minimum atomic E-state index is -0.824. The highest BCUT2D eigenvalue weighted by Crippen LogP contribution is 2.15. The van der Waals surface area contributed by atoms with Gasteiger partial charge >= 0.3 is 17.9 Å². The van der Waals surface area contributed by atoms with Crippen molar-refractivity contribution in [2.24, 2.45) is 0 Å². The van der Waals surface area contributed by atoms with Gasteiger partial charge in [-0.15, -0.1) is 0 Å². The molecule has 62 heavy (non-hydrogen) atoms. The molecular weight excluding hydrogens is 769 g/mol. The van der Waals surface area contributed by atoms with Crippen LogP contribution in [0.1, 0.15) is 233 Å². The lowest BCUT2D eigenvalue weighted by Crippen LogP contribution is -2.30. The van der Waals surface area contributed by atoms with Crippen molar-refractivity contribution in [2.45, 2.75) is 239 Å². The third-order valence-electron chi connectivity index (χ3n) is 10.7. The molecule has 1 atom stereocenters. The Kier molecular flexibility index (Phi) is 47.5. The van der Waals surface area contributed by atoms with E-state index >= 15 is 0 Å². The van der Waals surface area contributed by atoms with Gasteiger partial charge in [-0.05, 0) is 77.0 Å². The Labute approximate surface area is 382 Å². The Balaban J connectivity index is 4.44. The summed E-state index contributed by atoms with van der Waals surface area (Å²) < 4.78 is 16.7. The molecule has 0 heterocycles. The Bertz CT molecular complexity index is 1220. The van der Waals surface area contributed by atoms with E-state index in [0.717, 1.165) is 89.9 Å². The van der Waals surface area contributed by atoms with Gasteiger partial charge in [0.1, 0.15) is 13.2 Å². The van der Waals surface area contributed by atoms with Crippen LogP contribution in [0.4, 0.5) is 0 Å². The highest BCUT2D eigenvalue weighted by Gasteiger charge is 2.19. The van der Waals surface area contributed by atoms with E-state index in [0.29, 0.717) is 19.3 Å². The molecule has 0 saturated heterocycles. The molecule has 0 rings (SSSR count). The standard InChI is InChI=1S/C56H94O6/c1-4-7-10-13-16-19-22-25-26-27-28-29-32-34-37-40-43-46-49-55(58)61-52-53(62-56(59)50-47-44-41-38-35-31-24-21-18-15-12-9-6-3)51-60-54(57)48-45-42-39-36-33-30-23-20-17-14-11-8-5-2/h8-9,11-12,17-18,20-21,30-31,33,35,41,44,53H,4-7,10,13-16,19,22-29,32,34,36-40,42-43,45-52H2,1-3H3/b11-8-,12-9-,20-17-,21-18-,33-30-,35-31-,44-41-. The molecule has 6 heteroatoms.